The van der Waals surface area contributed by atoms with Crippen LogP contribution in [0.5, 0.6) is 0 Å². The first kappa shape index (κ1) is 27.9. The van der Waals surface area contributed by atoms with Crippen LogP contribution in [0, 0.1) is 11.3 Å². The zero-order valence-corrected chi connectivity index (χ0v) is 23.0. The van der Waals surface area contributed by atoms with E-state index in [1.807, 2.05) is 49.1 Å². The third kappa shape index (κ3) is 6.29. The van der Waals surface area contributed by atoms with Crippen molar-refractivity contribution in [2.45, 2.75) is 38.1 Å². The van der Waals surface area contributed by atoms with Crippen LogP contribution < -0.4 is 0 Å². The molecule has 8 nitrogen and oxygen atoms in total. The van der Waals surface area contributed by atoms with Gasteiger partial charge in [-0.2, -0.15) is 10.3 Å². The van der Waals surface area contributed by atoms with Crippen molar-refractivity contribution < 1.29 is 19.1 Å². The fourth-order valence-corrected chi connectivity index (χ4v) is 5.88. The van der Waals surface area contributed by atoms with Gasteiger partial charge in [-0.15, -0.1) is 0 Å². The van der Waals surface area contributed by atoms with E-state index in [0.29, 0.717) is 29.4 Å². The maximum atomic E-state index is 13.6. The van der Waals surface area contributed by atoms with Crippen LogP contribution >= 0.6 is 11.8 Å². The van der Waals surface area contributed by atoms with Gasteiger partial charge in [0.2, 0.25) is 5.91 Å². The third-order valence-corrected chi connectivity index (χ3v) is 8.22. The molecule has 2 unspecified atom stereocenters. The van der Waals surface area contributed by atoms with Crippen LogP contribution in [0.4, 0.5) is 0 Å². The molecule has 39 heavy (non-hydrogen) atoms. The minimum Gasteiger partial charge on any atom is -0.469 e. The predicted octanol–water partition coefficient (Wildman–Crippen LogP) is 4.63. The number of nitriles is 1. The highest BCUT2D eigenvalue weighted by molar-refractivity contribution is 8.15. The molecule has 1 saturated heterocycles. The van der Waals surface area contributed by atoms with Crippen LogP contribution in [0.3, 0.4) is 0 Å². The Hall–Kier alpha value is -4.16. The number of carbonyl (C=O) groups is 3. The monoisotopic (exact) mass is 542 g/mol. The zero-order valence-electron chi connectivity index (χ0n) is 22.2. The molecule has 200 valence electrons. The summed E-state index contributed by atoms with van der Waals surface area (Å²) in [6.45, 7) is 5.00. The van der Waals surface area contributed by atoms with Gasteiger partial charge in [0, 0.05) is 31.2 Å². The highest BCUT2D eigenvalue weighted by Crippen LogP contribution is 2.35. The van der Waals surface area contributed by atoms with Crippen molar-refractivity contribution in [1.82, 2.24) is 9.80 Å². The SMILES string of the molecule is CCN(CCC(=O)OC)C(=O)C1SC(=NC(=O)c2ccc(C#N)cc2)N(Cc2cccc3ccccc23)C1C. The Morgan fingerprint density at radius 3 is 2.49 bits per heavy atom. The van der Waals surface area contributed by atoms with Gasteiger partial charge in [-0.1, -0.05) is 54.2 Å². The molecule has 1 aliphatic heterocycles. The normalized spacial score (nSPS) is 17.7. The van der Waals surface area contributed by atoms with Crippen molar-refractivity contribution in [3.8, 4) is 6.07 Å². The molecule has 1 fully saturated rings. The lowest BCUT2D eigenvalue weighted by atomic mass is 10.0. The van der Waals surface area contributed by atoms with Crippen LogP contribution in [0.15, 0.2) is 71.7 Å². The number of aliphatic imine (C=N–C) groups is 1. The molecule has 1 aliphatic rings. The van der Waals surface area contributed by atoms with Gasteiger partial charge in [0.05, 0.1) is 25.2 Å². The minimum absolute atomic E-state index is 0.111. The molecule has 3 aromatic rings. The van der Waals surface area contributed by atoms with Crippen molar-refractivity contribution in [2.75, 3.05) is 20.2 Å². The van der Waals surface area contributed by atoms with E-state index in [0.717, 1.165) is 16.3 Å². The number of esters is 1. The molecule has 0 N–H and O–H groups in total. The first-order valence-electron chi connectivity index (χ1n) is 12.7. The lowest BCUT2D eigenvalue weighted by Crippen LogP contribution is -2.44. The molecule has 0 aliphatic carbocycles. The fraction of sp³-hybridized carbons (Fsp3) is 0.300. The quantitative estimate of drug-likeness (QED) is 0.383. The van der Waals surface area contributed by atoms with Gasteiger partial charge in [-0.05, 0) is 54.4 Å². The first-order chi connectivity index (χ1) is 18.9. The van der Waals surface area contributed by atoms with E-state index < -0.39 is 11.2 Å². The smallest absolute Gasteiger partial charge is 0.307 e. The molecule has 2 amide bonds. The van der Waals surface area contributed by atoms with Crippen molar-refractivity contribution in [2.24, 2.45) is 4.99 Å². The Balaban J connectivity index is 1.66. The largest absolute Gasteiger partial charge is 0.469 e. The van der Waals surface area contributed by atoms with E-state index in [1.165, 1.54) is 18.9 Å². The number of amides is 2. The summed E-state index contributed by atoms with van der Waals surface area (Å²) in [6.07, 6.45) is 0.111. The van der Waals surface area contributed by atoms with Gasteiger partial charge in [-0.3, -0.25) is 14.4 Å². The molecular weight excluding hydrogens is 512 g/mol. The summed E-state index contributed by atoms with van der Waals surface area (Å²) in [7, 11) is 1.33. The summed E-state index contributed by atoms with van der Waals surface area (Å²) < 4.78 is 4.74. The number of methoxy groups -OCH3 is 1. The van der Waals surface area contributed by atoms with Gasteiger partial charge in [0.25, 0.3) is 5.91 Å². The molecule has 1 heterocycles. The second-order valence-electron chi connectivity index (χ2n) is 9.18. The Kier molecular flexibility index (Phi) is 8.99. The van der Waals surface area contributed by atoms with Gasteiger partial charge < -0.3 is 14.5 Å². The Labute approximate surface area is 232 Å². The second kappa shape index (κ2) is 12.6. The van der Waals surface area contributed by atoms with E-state index >= 15 is 0 Å². The average Bonchev–Trinajstić information content (AvgIpc) is 3.27. The van der Waals surface area contributed by atoms with Gasteiger partial charge >= 0.3 is 5.97 Å². The number of benzene rings is 3. The number of nitrogens with zero attached hydrogens (tertiary/aromatic N) is 4. The van der Waals surface area contributed by atoms with Crippen LogP contribution in [-0.2, 0) is 20.9 Å². The number of fused-ring (bicyclic) bond motifs is 1. The third-order valence-electron chi connectivity index (χ3n) is 6.84. The van der Waals surface area contributed by atoms with Gasteiger partial charge in [-0.25, -0.2) is 0 Å². The average molecular weight is 543 g/mol. The Morgan fingerprint density at radius 2 is 1.79 bits per heavy atom. The summed E-state index contributed by atoms with van der Waals surface area (Å²) >= 11 is 1.27. The van der Waals surface area contributed by atoms with Crippen LogP contribution in [0.25, 0.3) is 10.8 Å². The van der Waals surface area contributed by atoms with Crippen molar-refractivity contribution >= 4 is 45.5 Å². The lowest BCUT2D eigenvalue weighted by Gasteiger charge is -2.28. The van der Waals surface area contributed by atoms with Crippen molar-refractivity contribution in [1.29, 1.82) is 5.26 Å². The lowest BCUT2D eigenvalue weighted by molar-refractivity contribution is -0.141. The summed E-state index contributed by atoms with van der Waals surface area (Å²) in [5.41, 5.74) is 1.88. The molecule has 4 rings (SSSR count). The Morgan fingerprint density at radius 1 is 1.08 bits per heavy atom. The van der Waals surface area contributed by atoms with Gasteiger partial charge in [0.1, 0.15) is 5.25 Å². The molecule has 0 spiro atoms. The molecule has 9 heteroatoms. The van der Waals surface area contributed by atoms with E-state index in [4.69, 9.17) is 10.00 Å². The maximum absolute atomic E-state index is 13.6. The summed E-state index contributed by atoms with van der Waals surface area (Å²) in [5, 5.41) is 11.2. The van der Waals surface area contributed by atoms with E-state index in [-0.39, 0.29) is 30.9 Å². The van der Waals surface area contributed by atoms with E-state index in [1.54, 1.807) is 29.2 Å². The summed E-state index contributed by atoms with van der Waals surface area (Å²) in [5.74, 6) is -0.928. The molecule has 0 aromatic heterocycles. The maximum Gasteiger partial charge on any atom is 0.307 e. The number of hydrogen-bond donors (Lipinski definition) is 0. The second-order valence-corrected chi connectivity index (χ2v) is 10.3. The molecule has 0 radical (unpaired) electrons. The van der Waals surface area contributed by atoms with Crippen LogP contribution in [0.1, 0.15) is 41.8 Å². The van der Waals surface area contributed by atoms with Crippen molar-refractivity contribution in [3.63, 3.8) is 0 Å². The molecule has 0 saturated carbocycles. The van der Waals surface area contributed by atoms with Crippen molar-refractivity contribution in [3.05, 3.63) is 83.4 Å². The number of hydrogen-bond acceptors (Lipinski definition) is 6. The zero-order chi connectivity index (χ0) is 27.9. The number of carbonyl (C=O) groups excluding carboxylic acids is 3. The van der Waals surface area contributed by atoms with Crippen LogP contribution in [-0.4, -0.2) is 64.2 Å². The topological polar surface area (TPSA) is 103 Å². The Bertz CT molecular complexity index is 1440. The van der Waals surface area contributed by atoms with E-state index in [9.17, 15) is 14.4 Å². The number of thioether (sulfide) groups is 1. The predicted molar refractivity (Wildman–Crippen MR) is 152 cm³/mol. The van der Waals surface area contributed by atoms with Crippen LogP contribution in [0.2, 0.25) is 0 Å². The number of rotatable bonds is 8. The highest BCUT2D eigenvalue weighted by Gasteiger charge is 2.42. The first-order valence-corrected chi connectivity index (χ1v) is 13.6. The standard InChI is InChI=1S/C30H30N4O4S/c1-4-33(17-16-26(35)38-3)29(37)27-20(2)34(19-24-10-7-9-22-8-5-6-11-25(22)24)30(39-27)32-28(36)23-14-12-21(18-31)13-15-23/h5-15,20,27H,4,16-17,19H2,1-3H3. The molecule has 2 atom stereocenters. The minimum atomic E-state index is -0.509. The molecule has 0 bridgehead atoms. The fourth-order valence-electron chi connectivity index (χ4n) is 4.56. The summed E-state index contributed by atoms with van der Waals surface area (Å²) in [6, 6.07) is 22.3. The van der Waals surface area contributed by atoms with Gasteiger partial charge in [0.15, 0.2) is 5.17 Å². The highest BCUT2D eigenvalue weighted by atomic mass is 32.2. The number of amidine groups is 1. The van der Waals surface area contributed by atoms with E-state index in [2.05, 4.69) is 23.2 Å². The molecular formula is C30H30N4O4S. The molecule has 3 aromatic carbocycles. The number of ether oxygens (including phenoxy) is 1. The summed E-state index contributed by atoms with van der Waals surface area (Å²) in [4.78, 5) is 46.6.